The third-order valence-corrected chi connectivity index (χ3v) is 2.72. The topological polar surface area (TPSA) is 75.3 Å². The van der Waals surface area contributed by atoms with Gasteiger partial charge in [-0.3, -0.25) is 19.7 Å². The van der Waals surface area contributed by atoms with Crippen molar-refractivity contribution < 1.29 is 14.4 Å². The summed E-state index contributed by atoms with van der Waals surface area (Å²) in [6.07, 6.45) is 1.10. The van der Waals surface area contributed by atoms with E-state index in [2.05, 4.69) is 33.1 Å². The molecule has 0 aromatic heterocycles. The molecule has 1 saturated heterocycles. The van der Waals surface area contributed by atoms with E-state index in [-0.39, 0.29) is 23.1 Å². The standard InChI is InChI=1S/C11H15BrN2O3/c1-6(5-7(2)12)10(16)13-8-3-4-9(15)14-11(8)17/h7-8H,1,3-5H2,2H3,(H,13,16)(H,14,15,17). The van der Waals surface area contributed by atoms with E-state index in [4.69, 9.17) is 0 Å². The molecule has 1 fully saturated rings. The zero-order valence-corrected chi connectivity index (χ0v) is 11.2. The van der Waals surface area contributed by atoms with Gasteiger partial charge in [-0.05, 0) is 12.8 Å². The molecule has 0 aromatic carbocycles. The quantitative estimate of drug-likeness (QED) is 0.454. The highest BCUT2D eigenvalue weighted by Gasteiger charge is 2.28. The normalized spacial score (nSPS) is 21.6. The fraction of sp³-hybridized carbons (Fsp3) is 0.545. The van der Waals surface area contributed by atoms with E-state index in [0.29, 0.717) is 18.4 Å². The van der Waals surface area contributed by atoms with Crippen LogP contribution in [-0.2, 0) is 14.4 Å². The first-order valence-corrected chi connectivity index (χ1v) is 6.28. The Bertz CT molecular complexity index is 366. The highest BCUT2D eigenvalue weighted by atomic mass is 79.9. The molecular weight excluding hydrogens is 288 g/mol. The summed E-state index contributed by atoms with van der Waals surface area (Å²) in [6.45, 7) is 5.57. The Morgan fingerprint density at radius 2 is 2.29 bits per heavy atom. The first kappa shape index (κ1) is 13.9. The van der Waals surface area contributed by atoms with Gasteiger partial charge in [-0.15, -0.1) is 0 Å². The second kappa shape index (κ2) is 5.95. The number of rotatable bonds is 4. The average Bonchev–Trinajstić information content (AvgIpc) is 2.21. The van der Waals surface area contributed by atoms with Crippen LogP contribution >= 0.6 is 15.9 Å². The Hall–Kier alpha value is -1.17. The number of amides is 3. The van der Waals surface area contributed by atoms with Crippen molar-refractivity contribution in [3.8, 4) is 0 Å². The second-order valence-electron chi connectivity index (χ2n) is 4.07. The number of halogens is 1. The maximum absolute atomic E-state index is 11.7. The Labute approximate surface area is 108 Å². The molecule has 5 nitrogen and oxygen atoms in total. The molecule has 2 N–H and O–H groups in total. The number of imide groups is 1. The Morgan fingerprint density at radius 3 is 2.82 bits per heavy atom. The summed E-state index contributed by atoms with van der Waals surface area (Å²) in [5.41, 5.74) is 0.416. The van der Waals surface area contributed by atoms with E-state index >= 15 is 0 Å². The van der Waals surface area contributed by atoms with Crippen LogP contribution in [0.1, 0.15) is 26.2 Å². The Morgan fingerprint density at radius 1 is 1.65 bits per heavy atom. The van der Waals surface area contributed by atoms with Gasteiger partial charge in [-0.1, -0.05) is 29.4 Å². The summed E-state index contributed by atoms with van der Waals surface area (Å²) in [6, 6.07) is -0.636. The molecule has 2 unspecified atom stereocenters. The molecular formula is C11H15BrN2O3. The van der Waals surface area contributed by atoms with Gasteiger partial charge in [0.25, 0.3) is 0 Å². The van der Waals surface area contributed by atoms with Crippen molar-refractivity contribution in [1.82, 2.24) is 10.6 Å². The maximum atomic E-state index is 11.7. The fourth-order valence-electron chi connectivity index (χ4n) is 1.52. The van der Waals surface area contributed by atoms with Gasteiger partial charge in [-0.25, -0.2) is 0 Å². The highest BCUT2D eigenvalue weighted by Crippen LogP contribution is 2.12. The van der Waals surface area contributed by atoms with Crippen molar-refractivity contribution in [3.05, 3.63) is 12.2 Å². The monoisotopic (exact) mass is 302 g/mol. The molecule has 17 heavy (non-hydrogen) atoms. The molecule has 0 aromatic rings. The molecule has 0 aliphatic carbocycles. The van der Waals surface area contributed by atoms with E-state index in [1.54, 1.807) is 0 Å². The number of hydrogen-bond acceptors (Lipinski definition) is 3. The minimum atomic E-state index is -0.636. The maximum Gasteiger partial charge on any atom is 0.249 e. The van der Waals surface area contributed by atoms with Crippen molar-refractivity contribution in [2.45, 2.75) is 37.1 Å². The zero-order valence-electron chi connectivity index (χ0n) is 9.59. The summed E-state index contributed by atoms with van der Waals surface area (Å²) in [5, 5.41) is 4.75. The van der Waals surface area contributed by atoms with Gasteiger partial charge >= 0.3 is 0 Å². The van der Waals surface area contributed by atoms with E-state index in [9.17, 15) is 14.4 Å². The lowest BCUT2D eigenvalue weighted by atomic mass is 10.1. The molecule has 94 valence electrons. The van der Waals surface area contributed by atoms with Crippen molar-refractivity contribution in [1.29, 1.82) is 0 Å². The van der Waals surface area contributed by atoms with E-state index < -0.39 is 11.9 Å². The number of hydrogen-bond donors (Lipinski definition) is 2. The van der Waals surface area contributed by atoms with Gasteiger partial charge in [-0.2, -0.15) is 0 Å². The second-order valence-corrected chi connectivity index (χ2v) is 5.63. The molecule has 0 bridgehead atoms. The lowest BCUT2D eigenvalue weighted by molar-refractivity contribution is -0.136. The predicted molar refractivity (Wildman–Crippen MR) is 66.5 cm³/mol. The number of piperidine rings is 1. The van der Waals surface area contributed by atoms with Gasteiger partial charge in [0.05, 0.1) is 0 Å². The summed E-state index contributed by atoms with van der Waals surface area (Å²) in [5.74, 6) is -1.09. The fourth-order valence-corrected chi connectivity index (χ4v) is 1.91. The van der Waals surface area contributed by atoms with Gasteiger partial charge in [0.15, 0.2) is 0 Å². The van der Waals surface area contributed by atoms with Crippen LogP contribution in [0.4, 0.5) is 0 Å². The summed E-state index contributed by atoms with van der Waals surface area (Å²) in [7, 11) is 0. The van der Waals surface area contributed by atoms with Crippen molar-refractivity contribution in [3.63, 3.8) is 0 Å². The van der Waals surface area contributed by atoms with Crippen LogP contribution in [-0.4, -0.2) is 28.6 Å². The zero-order chi connectivity index (χ0) is 13.0. The minimum Gasteiger partial charge on any atom is -0.341 e. The summed E-state index contributed by atoms with van der Waals surface area (Å²) < 4.78 is 0. The predicted octanol–water partition coefficient (Wildman–Crippen LogP) is 0.638. The molecule has 6 heteroatoms. The molecule has 2 atom stereocenters. The number of alkyl halides is 1. The third kappa shape index (κ3) is 4.30. The molecule has 1 heterocycles. The van der Waals surface area contributed by atoms with Crippen molar-refractivity contribution in [2.24, 2.45) is 0 Å². The van der Waals surface area contributed by atoms with Crippen LogP contribution in [0.15, 0.2) is 12.2 Å². The third-order valence-electron chi connectivity index (χ3n) is 2.39. The van der Waals surface area contributed by atoms with Crippen LogP contribution in [0, 0.1) is 0 Å². The Balaban J connectivity index is 2.48. The molecule has 0 saturated carbocycles. The van der Waals surface area contributed by atoms with Gasteiger partial charge in [0, 0.05) is 16.8 Å². The number of nitrogens with one attached hydrogen (secondary N) is 2. The van der Waals surface area contributed by atoms with Crippen LogP contribution in [0.25, 0.3) is 0 Å². The highest BCUT2D eigenvalue weighted by molar-refractivity contribution is 9.09. The number of carbonyl (C=O) groups is 3. The largest absolute Gasteiger partial charge is 0.341 e. The van der Waals surface area contributed by atoms with Gasteiger partial charge in [0.1, 0.15) is 6.04 Å². The smallest absolute Gasteiger partial charge is 0.249 e. The molecule has 1 aliphatic rings. The Kier molecular flexibility index (Phi) is 4.86. The lowest BCUT2D eigenvalue weighted by Gasteiger charge is -2.22. The van der Waals surface area contributed by atoms with E-state index in [1.807, 2.05) is 6.92 Å². The average molecular weight is 303 g/mol. The van der Waals surface area contributed by atoms with E-state index in [0.717, 1.165) is 0 Å². The molecule has 0 radical (unpaired) electrons. The molecule has 0 spiro atoms. The molecule has 1 aliphatic heterocycles. The van der Waals surface area contributed by atoms with Crippen LogP contribution < -0.4 is 10.6 Å². The summed E-state index contributed by atoms with van der Waals surface area (Å²) >= 11 is 3.32. The number of carbonyl (C=O) groups excluding carboxylic acids is 3. The van der Waals surface area contributed by atoms with Crippen LogP contribution in [0.2, 0.25) is 0 Å². The van der Waals surface area contributed by atoms with E-state index in [1.165, 1.54) is 0 Å². The summed E-state index contributed by atoms with van der Waals surface area (Å²) in [4.78, 5) is 34.1. The lowest BCUT2D eigenvalue weighted by Crippen LogP contribution is -2.52. The first-order chi connectivity index (χ1) is 7.90. The molecule has 1 rings (SSSR count). The van der Waals surface area contributed by atoms with Crippen LogP contribution in [0.5, 0.6) is 0 Å². The molecule has 3 amide bonds. The first-order valence-electron chi connectivity index (χ1n) is 5.36. The van der Waals surface area contributed by atoms with Gasteiger partial charge < -0.3 is 5.32 Å². The van der Waals surface area contributed by atoms with Crippen molar-refractivity contribution in [2.75, 3.05) is 0 Å². The SMILES string of the molecule is C=C(CC(C)Br)C(=O)NC1CCC(=O)NC1=O. The minimum absolute atomic E-state index is 0.155. The van der Waals surface area contributed by atoms with Crippen LogP contribution in [0.3, 0.4) is 0 Å². The van der Waals surface area contributed by atoms with Crippen molar-refractivity contribution >= 4 is 33.7 Å². The van der Waals surface area contributed by atoms with Gasteiger partial charge in [0.2, 0.25) is 17.7 Å².